The molecule has 20 heavy (non-hydrogen) atoms. The highest BCUT2D eigenvalue weighted by Crippen LogP contribution is 2.29. The van der Waals surface area contributed by atoms with Gasteiger partial charge in [-0.05, 0) is 42.5 Å². The quantitative estimate of drug-likeness (QED) is 0.664. The van der Waals surface area contributed by atoms with Crippen LogP contribution in [0.5, 0.6) is 0 Å². The van der Waals surface area contributed by atoms with E-state index in [2.05, 4.69) is 41.2 Å². The highest BCUT2D eigenvalue weighted by atomic mass is 79.9. The SMILES string of the molecule is CCC(SC)c1ccc(C(=O)c2ccc(Br)cc2)cc1. The molecule has 0 saturated heterocycles. The Labute approximate surface area is 132 Å². The van der Waals surface area contributed by atoms with E-state index < -0.39 is 0 Å². The van der Waals surface area contributed by atoms with Gasteiger partial charge in [-0.3, -0.25) is 4.79 Å². The molecule has 0 fully saturated rings. The van der Waals surface area contributed by atoms with E-state index in [1.54, 1.807) is 0 Å². The van der Waals surface area contributed by atoms with Gasteiger partial charge >= 0.3 is 0 Å². The van der Waals surface area contributed by atoms with Crippen LogP contribution in [0.1, 0.15) is 40.1 Å². The highest BCUT2D eigenvalue weighted by molar-refractivity contribution is 9.10. The predicted octanol–water partition coefficient (Wildman–Crippen LogP) is 5.49. The molecule has 0 bridgehead atoms. The van der Waals surface area contributed by atoms with Gasteiger partial charge in [-0.2, -0.15) is 11.8 Å². The van der Waals surface area contributed by atoms with Crippen LogP contribution in [-0.2, 0) is 0 Å². The van der Waals surface area contributed by atoms with Gasteiger partial charge in [0.05, 0.1) is 0 Å². The number of hydrogen-bond donors (Lipinski definition) is 0. The van der Waals surface area contributed by atoms with Crippen molar-refractivity contribution in [3.8, 4) is 0 Å². The fourth-order valence-electron chi connectivity index (χ4n) is 2.16. The first-order valence-electron chi connectivity index (χ1n) is 6.58. The lowest BCUT2D eigenvalue weighted by Crippen LogP contribution is -2.01. The highest BCUT2D eigenvalue weighted by Gasteiger charge is 2.11. The Kier molecular flexibility index (Phi) is 5.44. The summed E-state index contributed by atoms with van der Waals surface area (Å²) in [5, 5.41) is 0.506. The number of hydrogen-bond acceptors (Lipinski definition) is 2. The largest absolute Gasteiger partial charge is 0.289 e. The fraction of sp³-hybridized carbons (Fsp3) is 0.235. The van der Waals surface area contributed by atoms with Crippen molar-refractivity contribution in [1.29, 1.82) is 0 Å². The van der Waals surface area contributed by atoms with Crippen LogP contribution in [0.15, 0.2) is 53.0 Å². The summed E-state index contributed by atoms with van der Waals surface area (Å²) in [6.45, 7) is 2.18. The van der Waals surface area contributed by atoms with Gasteiger partial charge in [0.1, 0.15) is 0 Å². The van der Waals surface area contributed by atoms with E-state index in [-0.39, 0.29) is 5.78 Å². The molecule has 2 aromatic carbocycles. The van der Waals surface area contributed by atoms with Gasteiger partial charge in [0, 0.05) is 20.8 Å². The Morgan fingerprint density at radius 2 is 1.55 bits per heavy atom. The zero-order chi connectivity index (χ0) is 14.5. The summed E-state index contributed by atoms with van der Waals surface area (Å²) in [6.07, 6.45) is 3.22. The maximum Gasteiger partial charge on any atom is 0.193 e. The molecule has 0 saturated carbocycles. The summed E-state index contributed by atoms with van der Waals surface area (Å²) in [5.74, 6) is 0.0706. The zero-order valence-corrected chi connectivity index (χ0v) is 14.0. The summed E-state index contributed by atoms with van der Waals surface area (Å²) >= 11 is 5.22. The molecule has 0 aliphatic rings. The molecule has 104 valence electrons. The molecule has 1 nitrogen and oxygen atoms in total. The number of carbonyl (C=O) groups is 1. The first-order valence-corrected chi connectivity index (χ1v) is 8.66. The number of halogens is 1. The Morgan fingerprint density at radius 1 is 1.05 bits per heavy atom. The van der Waals surface area contributed by atoms with Gasteiger partial charge in [-0.25, -0.2) is 0 Å². The van der Waals surface area contributed by atoms with Crippen molar-refractivity contribution in [2.45, 2.75) is 18.6 Å². The lowest BCUT2D eigenvalue weighted by molar-refractivity contribution is 0.103. The van der Waals surface area contributed by atoms with Crippen LogP contribution in [0.2, 0.25) is 0 Å². The number of carbonyl (C=O) groups excluding carboxylic acids is 1. The molecule has 2 rings (SSSR count). The van der Waals surface area contributed by atoms with Crippen LogP contribution in [0.4, 0.5) is 0 Å². The van der Waals surface area contributed by atoms with Crippen molar-refractivity contribution in [1.82, 2.24) is 0 Å². The van der Waals surface area contributed by atoms with Crippen molar-refractivity contribution >= 4 is 33.5 Å². The molecule has 0 N–H and O–H groups in total. The molecule has 2 aromatic rings. The summed E-state index contributed by atoms with van der Waals surface area (Å²) in [5.41, 5.74) is 2.75. The van der Waals surface area contributed by atoms with Crippen LogP contribution in [0.3, 0.4) is 0 Å². The van der Waals surface area contributed by atoms with Crippen LogP contribution in [0, 0.1) is 0 Å². The van der Waals surface area contributed by atoms with Gasteiger partial charge in [-0.15, -0.1) is 0 Å². The average Bonchev–Trinajstić information content (AvgIpc) is 2.49. The van der Waals surface area contributed by atoms with Gasteiger partial charge in [-0.1, -0.05) is 47.1 Å². The maximum atomic E-state index is 12.4. The molecule has 0 aliphatic heterocycles. The van der Waals surface area contributed by atoms with Crippen LogP contribution >= 0.6 is 27.7 Å². The molecule has 1 atom stereocenters. The minimum atomic E-state index is 0.0706. The molecule has 0 aliphatic carbocycles. The predicted molar refractivity (Wildman–Crippen MR) is 90.6 cm³/mol. The van der Waals surface area contributed by atoms with Crippen molar-refractivity contribution in [2.24, 2.45) is 0 Å². The third kappa shape index (κ3) is 3.53. The monoisotopic (exact) mass is 348 g/mol. The second-order valence-electron chi connectivity index (χ2n) is 4.59. The van der Waals surface area contributed by atoms with Gasteiger partial charge in [0.15, 0.2) is 5.78 Å². The number of rotatable bonds is 5. The smallest absolute Gasteiger partial charge is 0.193 e. The Bertz CT molecular complexity index is 571. The molecular formula is C17H17BrOS. The lowest BCUT2D eigenvalue weighted by Gasteiger charge is -2.12. The van der Waals surface area contributed by atoms with Gasteiger partial charge in [0.25, 0.3) is 0 Å². The molecular weight excluding hydrogens is 332 g/mol. The van der Waals surface area contributed by atoms with E-state index in [1.807, 2.05) is 48.2 Å². The van der Waals surface area contributed by atoms with Crippen molar-refractivity contribution in [2.75, 3.05) is 6.26 Å². The second kappa shape index (κ2) is 7.09. The standard InChI is InChI=1S/C17H17BrOS/c1-3-16(20-2)12-4-6-13(7-5-12)17(19)14-8-10-15(18)11-9-14/h4-11,16H,3H2,1-2H3. The number of benzene rings is 2. The third-order valence-corrected chi connectivity index (χ3v) is 5.01. The van der Waals surface area contributed by atoms with E-state index in [0.29, 0.717) is 5.25 Å². The van der Waals surface area contributed by atoms with Crippen LogP contribution in [0.25, 0.3) is 0 Å². The summed E-state index contributed by atoms with van der Waals surface area (Å²) in [6, 6.07) is 15.5. The maximum absolute atomic E-state index is 12.4. The summed E-state index contributed by atoms with van der Waals surface area (Å²) in [4.78, 5) is 12.4. The fourth-order valence-corrected chi connectivity index (χ4v) is 3.18. The summed E-state index contributed by atoms with van der Waals surface area (Å²) < 4.78 is 0.982. The molecule has 0 aromatic heterocycles. The van der Waals surface area contributed by atoms with E-state index in [4.69, 9.17) is 0 Å². The van der Waals surface area contributed by atoms with E-state index >= 15 is 0 Å². The van der Waals surface area contributed by atoms with Gasteiger partial charge < -0.3 is 0 Å². The normalized spacial score (nSPS) is 12.2. The van der Waals surface area contributed by atoms with Crippen LogP contribution < -0.4 is 0 Å². The number of ketones is 1. The molecule has 0 radical (unpaired) electrons. The Morgan fingerprint density at radius 3 is 2.00 bits per heavy atom. The van der Waals surface area contributed by atoms with E-state index in [0.717, 1.165) is 22.0 Å². The Balaban J connectivity index is 2.21. The molecule has 0 heterocycles. The minimum Gasteiger partial charge on any atom is -0.289 e. The van der Waals surface area contributed by atoms with Crippen molar-refractivity contribution in [3.05, 3.63) is 69.7 Å². The molecule has 0 spiro atoms. The lowest BCUT2D eigenvalue weighted by atomic mass is 10.0. The topological polar surface area (TPSA) is 17.1 Å². The van der Waals surface area contributed by atoms with Gasteiger partial charge in [0.2, 0.25) is 0 Å². The second-order valence-corrected chi connectivity index (χ2v) is 6.55. The molecule has 0 amide bonds. The number of thioether (sulfide) groups is 1. The van der Waals surface area contributed by atoms with E-state index in [1.165, 1.54) is 5.56 Å². The van der Waals surface area contributed by atoms with Crippen molar-refractivity contribution < 1.29 is 4.79 Å². The first kappa shape index (κ1) is 15.3. The van der Waals surface area contributed by atoms with Crippen LogP contribution in [-0.4, -0.2) is 12.0 Å². The molecule has 1 unspecified atom stereocenters. The Hall–Kier alpha value is -1.06. The summed E-state index contributed by atoms with van der Waals surface area (Å²) in [7, 11) is 0. The molecule has 3 heteroatoms. The third-order valence-electron chi connectivity index (χ3n) is 3.31. The van der Waals surface area contributed by atoms with Crippen molar-refractivity contribution in [3.63, 3.8) is 0 Å². The zero-order valence-electron chi connectivity index (χ0n) is 11.6. The first-order chi connectivity index (χ1) is 9.65. The van der Waals surface area contributed by atoms with E-state index in [9.17, 15) is 4.79 Å². The average molecular weight is 349 g/mol. The minimum absolute atomic E-state index is 0.0706.